The molecule has 1 amide bonds. The van der Waals surface area contributed by atoms with Crippen LogP contribution in [-0.2, 0) is 11.3 Å². The topological polar surface area (TPSA) is 23.6 Å². The number of rotatable bonds is 7. The summed E-state index contributed by atoms with van der Waals surface area (Å²) in [4.78, 5) is 16.9. The van der Waals surface area contributed by atoms with Crippen molar-refractivity contribution in [2.75, 3.05) is 20.6 Å². The van der Waals surface area contributed by atoms with E-state index in [2.05, 4.69) is 41.3 Å². The van der Waals surface area contributed by atoms with Gasteiger partial charge in [-0.15, -0.1) is 0 Å². The third-order valence-corrected chi connectivity index (χ3v) is 4.71. The molecule has 0 aromatic heterocycles. The summed E-state index contributed by atoms with van der Waals surface area (Å²) in [7, 11) is 3.88. The van der Waals surface area contributed by atoms with Crippen LogP contribution in [0.3, 0.4) is 0 Å². The normalized spacial score (nSPS) is 11.0. The molecule has 0 heterocycles. The van der Waals surface area contributed by atoms with Crippen LogP contribution in [0.15, 0.2) is 91.0 Å². The van der Waals surface area contributed by atoms with E-state index in [4.69, 9.17) is 0 Å². The van der Waals surface area contributed by atoms with Crippen LogP contribution in [0.1, 0.15) is 22.7 Å². The number of likely N-dealkylation sites (N-methyl/N-ethyl adjacent to an activating group) is 2. The van der Waals surface area contributed by atoms with Crippen LogP contribution in [0.25, 0.3) is 0 Å². The average molecular weight is 358 g/mol. The number of hydrogen-bond donors (Lipinski definition) is 0. The van der Waals surface area contributed by atoms with Crippen molar-refractivity contribution in [3.63, 3.8) is 0 Å². The van der Waals surface area contributed by atoms with E-state index < -0.39 is 0 Å². The Morgan fingerprint density at radius 2 is 1.19 bits per heavy atom. The van der Waals surface area contributed by atoms with Crippen molar-refractivity contribution in [1.82, 2.24) is 9.80 Å². The third-order valence-electron chi connectivity index (χ3n) is 4.71. The van der Waals surface area contributed by atoms with Crippen LogP contribution < -0.4 is 0 Å². The van der Waals surface area contributed by atoms with Gasteiger partial charge in [-0.3, -0.25) is 9.69 Å². The van der Waals surface area contributed by atoms with Crippen molar-refractivity contribution in [1.29, 1.82) is 0 Å². The predicted molar refractivity (Wildman–Crippen MR) is 110 cm³/mol. The van der Waals surface area contributed by atoms with E-state index in [0.29, 0.717) is 6.54 Å². The summed E-state index contributed by atoms with van der Waals surface area (Å²) in [6.45, 7) is 1.13. The molecule has 0 aliphatic heterocycles. The summed E-state index contributed by atoms with van der Waals surface area (Å²) in [6, 6.07) is 30.5. The van der Waals surface area contributed by atoms with Gasteiger partial charge in [0.2, 0.25) is 5.91 Å². The number of nitrogens with zero attached hydrogens (tertiary/aromatic N) is 2. The van der Waals surface area contributed by atoms with Crippen LogP contribution in [0.5, 0.6) is 0 Å². The standard InChI is InChI=1S/C24H26N2O/c1-25(18-20-12-6-3-7-13-20)19-23(27)26(2)24(21-14-8-4-9-15-21)22-16-10-5-11-17-22/h3-17,24H,18-19H2,1-2H3. The van der Waals surface area contributed by atoms with Crippen LogP contribution in [-0.4, -0.2) is 36.3 Å². The lowest BCUT2D eigenvalue weighted by molar-refractivity contribution is -0.132. The van der Waals surface area contributed by atoms with Gasteiger partial charge in [-0.1, -0.05) is 91.0 Å². The van der Waals surface area contributed by atoms with Crippen molar-refractivity contribution >= 4 is 5.91 Å². The van der Waals surface area contributed by atoms with Gasteiger partial charge in [0, 0.05) is 13.6 Å². The van der Waals surface area contributed by atoms with Crippen LogP contribution in [0.4, 0.5) is 0 Å². The molecule has 0 atom stereocenters. The van der Waals surface area contributed by atoms with Crippen LogP contribution in [0, 0.1) is 0 Å². The minimum Gasteiger partial charge on any atom is -0.334 e. The van der Waals surface area contributed by atoms with Gasteiger partial charge in [0.25, 0.3) is 0 Å². The van der Waals surface area contributed by atoms with Crippen molar-refractivity contribution in [2.24, 2.45) is 0 Å². The van der Waals surface area contributed by atoms with Crippen molar-refractivity contribution in [2.45, 2.75) is 12.6 Å². The quantitative estimate of drug-likeness (QED) is 0.626. The maximum atomic E-state index is 13.0. The minimum absolute atomic E-state index is 0.0926. The Balaban J connectivity index is 1.75. The molecule has 0 unspecified atom stereocenters. The number of benzene rings is 3. The van der Waals surface area contributed by atoms with Gasteiger partial charge in [-0.25, -0.2) is 0 Å². The second-order valence-corrected chi connectivity index (χ2v) is 6.89. The zero-order valence-corrected chi connectivity index (χ0v) is 16.0. The molecule has 0 radical (unpaired) electrons. The first-order chi connectivity index (χ1) is 13.1. The maximum absolute atomic E-state index is 13.0. The summed E-state index contributed by atoms with van der Waals surface area (Å²) in [5.41, 5.74) is 3.44. The lowest BCUT2D eigenvalue weighted by atomic mass is 9.97. The maximum Gasteiger partial charge on any atom is 0.237 e. The number of hydrogen-bond acceptors (Lipinski definition) is 2. The van der Waals surface area contributed by atoms with Crippen LogP contribution >= 0.6 is 0 Å². The molecule has 0 saturated carbocycles. The van der Waals surface area contributed by atoms with Crippen molar-refractivity contribution in [3.8, 4) is 0 Å². The first kappa shape index (κ1) is 18.9. The molecule has 27 heavy (non-hydrogen) atoms. The molecule has 3 heteroatoms. The molecule has 3 aromatic carbocycles. The lowest BCUT2D eigenvalue weighted by Crippen LogP contribution is -2.39. The Morgan fingerprint density at radius 1 is 0.741 bits per heavy atom. The van der Waals surface area contributed by atoms with Gasteiger partial charge < -0.3 is 4.90 Å². The molecule has 0 spiro atoms. The van der Waals surface area contributed by atoms with E-state index in [1.54, 1.807) is 0 Å². The Kier molecular flexibility index (Phi) is 6.39. The highest BCUT2D eigenvalue weighted by molar-refractivity contribution is 5.79. The summed E-state index contributed by atoms with van der Waals surface area (Å²) >= 11 is 0. The molecule has 0 fully saturated rings. The summed E-state index contributed by atoms with van der Waals surface area (Å²) in [5.74, 6) is 0.103. The highest BCUT2D eigenvalue weighted by atomic mass is 16.2. The molecule has 3 rings (SSSR count). The fraction of sp³-hybridized carbons (Fsp3) is 0.208. The minimum atomic E-state index is -0.0926. The van der Waals surface area contributed by atoms with E-state index in [1.807, 2.05) is 73.6 Å². The number of carbonyl (C=O) groups excluding carboxylic acids is 1. The van der Waals surface area contributed by atoms with E-state index in [-0.39, 0.29) is 11.9 Å². The first-order valence-corrected chi connectivity index (χ1v) is 9.23. The smallest absolute Gasteiger partial charge is 0.237 e. The molecule has 3 nitrogen and oxygen atoms in total. The van der Waals surface area contributed by atoms with Gasteiger partial charge in [0.1, 0.15) is 0 Å². The van der Waals surface area contributed by atoms with Gasteiger partial charge >= 0.3 is 0 Å². The van der Waals surface area contributed by atoms with E-state index in [9.17, 15) is 4.79 Å². The zero-order valence-electron chi connectivity index (χ0n) is 16.0. The Morgan fingerprint density at radius 3 is 1.67 bits per heavy atom. The Labute approximate surface area is 161 Å². The second-order valence-electron chi connectivity index (χ2n) is 6.89. The Hall–Kier alpha value is -2.91. The number of carbonyl (C=O) groups is 1. The van der Waals surface area contributed by atoms with Gasteiger partial charge in [0.05, 0.1) is 12.6 Å². The summed E-state index contributed by atoms with van der Waals surface area (Å²) < 4.78 is 0. The molecule has 0 aliphatic carbocycles. The van der Waals surface area contributed by atoms with Gasteiger partial charge in [-0.2, -0.15) is 0 Å². The number of amides is 1. The average Bonchev–Trinajstić information content (AvgIpc) is 2.70. The molecule has 0 bridgehead atoms. The van der Waals surface area contributed by atoms with E-state index >= 15 is 0 Å². The third kappa shape index (κ3) is 5.05. The molecular weight excluding hydrogens is 332 g/mol. The first-order valence-electron chi connectivity index (χ1n) is 9.23. The van der Waals surface area contributed by atoms with Crippen molar-refractivity contribution < 1.29 is 4.79 Å². The summed E-state index contributed by atoms with van der Waals surface area (Å²) in [5, 5.41) is 0. The molecular formula is C24H26N2O. The van der Waals surface area contributed by atoms with E-state index in [1.165, 1.54) is 5.56 Å². The lowest BCUT2D eigenvalue weighted by Gasteiger charge is -2.30. The van der Waals surface area contributed by atoms with Crippen molar-refractivity contribution in [3.05, 3.63) is 108 Å². The van der Waals surface area contributed by atoms with E-state index in [0.717, 1.165) is 17.7 Å². The van der Waals surface area contributed by atoms with Crippen LogP contribution in [0.2, 0.25) is 0 Å². The second kappa shape index (κ2) is 9.15. The van der Waals surface area contributed by atoms with Gasteiger partial charge in [-0.05, 0) is 23.7 Å². The fourth-order valence-corrected chi connectivity index (χ4v) is 3.35. The summed E-state index contributed by atoms with van der Waals surface area (Å²) in [6.07, 6.45) is 0. The molecule has 0 saturated heterocycles. The Bertz CT molecular complexity index is 795. The molecule has 0 N–H and O–H groups in total. The SMILES string of the molecule is CN(CC(=O)N(C)C(c1ccccc1)c1ccccc1)Cc1ccccc1. The highest BCUT2D eigenvalue weighted by Gasteiger charge is 2.24. The zero-order chi connectivity index (χ0) is 19.1. The largest absolute Gasteiger partial charge is 0.334 e. The highest BCUT2D eigenvalue weighted by Crippen LogP contribution is 2.27. The predicted octanol–water partition coefficient (Wildman–Crippen LogP) is 4.37. The molecule has 3 aromatic rings. The monoisotopic (exact) mass is 358 g/mol. The molecule has 138 valence electrons. The fourth-order valence-electron chi connectivity index (χ4n) is 3.35. The molecule has 0 aliphatic rings. The van der Waals surface area contributed by atoms with Gasteiger partial charge in [0.15, 0.2) is 0 Å².